The zero-order valence-corrected chi connectivity index (χ0v) is 16.3. The van der Waals surface area contributed by atoms with Gasteiger partial charge in [-0.05, 0) is 39.0 Å². The summed E-state index contributed by atoms with van der Waals surface area (Å²) in [5.41, 5.74) is 0. The Hall–Kier alpha value is -0.810. The summed E-state index contributed by atoms with van der Waals surface area (Å²) in [6.45, 7) is 14.0. The molecular weight excluding hydrogens is 302 g/mol. The van der Waals surface area contributed by atoms with Gasteiger partial charge in [0.2, 0.25) is 0 Å². The van der Waals surface area contributed by atoms with Gasteiger partial charge < -0.3 is 20.1 Å². The minimum atomic E-state index is 0.458. The summed E-state index contributed by atoms with van der Waals surface area (Å²) in [6, 6.07) is 0.458. The van der Waals surface area contributed by atoms with Crippen LogP contribution in [0.3, 0.4) is 0 Å². The topological polar surface area (TPSA) is 54.9 Å². The van der Waals surface area contributed by atoms with E-state index in [2.05, 4.69) is 43.3 Å². The number of hydrogen-bond acceptors (Lipinski definition) is 3. The van der Waals surface area contributed by atoms with Crippen LogP contribution in [0.4, 0.5) is 0 Å². The Morgan fingerprint density at radius 3 is 2.75 bits per heavy atom. The fourth-order valence-electron chi connectivity index (χ4n) is 2.78. The summed E-state index contributed by atoms with van der Waals surface area (Å²) in [6.07, 6.45) is 5.86. The molecule has 0 aromatic carbocycles. The van der Waals surface area contributed by atoms with Crippen LogP contribution in [0.25, 0.3) is 0 Å². The minimum absolute atomic E-state index is 0.458. The van der Waals surface area contributed by atoms with Gasteiger partial charge in [-0.25, -0.2) is 0 Å². The standard InChI is InChI=1S/C19H39N3O2/c1-5-20-19(22-17(4)9-6-8-16(2)3)21-11-7-12-23-14-18-10-13-24-15-18/h16-18H,5-15H2,1-4H3,(H2,20,21,22). The van der Waals surface area contributed by atoms with E-state index >= 15 is 0 Å². The first-order valence-electron chi connectivity index (χ1n) is 9.82. The lowest BCUT2D eigenvalue weighted by Crippen LogP contribution is -2.42. The van der Waals surface area contributed by atoms with Gasteiger partial charge in [0.25, 0.3) is 0 Å². The monoisotopic (exact) mass is 341 g/mol. The average Bonchev–Trinajstić information content (AvgIpc) is 3.03. The van der Waals surface area contributed by atoms with Crippen LogP contribution < -0.4 is 10.6 Å². The SMILES string of the molecule is CCNC(=NCCCOCC1CCOC1)NC(C)CCCC(C)C. The lowest BCUT2D eigenvalue weighted by Gasteiger charge is -2.18. The molecule has 0 radical (unpaired) electrons. The van der Waals surface area contributed by atoms with Crippen LogP contribution in [-0.2, 0) is 9.47 Å². The van der Waals surface area contributed by atoms with Crippen LogP contribution in [0.1, 0.15) is 59.8 Å². The molecule has 1 saturated heterocycles. The molecule has 2 atom stereocenters. The molecule has 0 amide bonds. The first-order chi connectivity index (χ1) is 11.6. The molecule has 1 heterocycles. The van der Waals surface area contributed by atoms with E-state index in [1.807, 2.05) is 0 Å². The van der Waals surface area contributed by atoms with Crippen LogP contribution in [0.5, 0.6) is 0 Å². The molecule has 5 nitrogen and oxygen atoms in total. The van der Waals surface area contributed by atoms with Gasteiger partial charge in [0, 0.05) is 38.3 Å². The average molecular weight is 342 g/mol. The van der Waals surface area contributed by atoms with E-state index in [9.17, 15) is 0 Å². The Morgan fingerprint density at radius 1 is 1.25 bits per heavy atom. The normalized spacial score (nSPS) is 19.7. The Morgan fingerprint density at radius 2 is 2.08 bits per heavy atom. The van der Waals surface area contributed by atoms with E-state index in [0.717, 1.165) is 64.2 Å². The first-order valence-corrected chi connectivity index (χ1v) is 9.82. The van der Waals surface area contributed by atoms with Crippen molar-refractivity contribution in [2.45, 2.75) is 65.8 Å². The number of guanidine groups is 1. The van der Waals surface area contributed by atoms with Gasteiger partial charge in [-0.15, -0.1) is 0 Å². The Balaban J connectivity index is 2.13. The minimum Gasteiger partial charge on any atom is -0.381 e. The van der Waals surface area contributed by atoms with Crippen molar-refractivity contribution < 1.29 is 9.47 Å². The van der Waals surface area contributed by atoms with Gasteiger partial charge in [0.1, 0.15) is 0 Å². The molecule has 0 aromatic heterocycles. The molecular formula is C19H39N3O2. The van der Waals surface area contributed by atoms with Crippen molar-refractivity contribution in [2.75, 3.05) is 39.5 Å². The van der Waals surface area contributed by atoms with Gasteiger partial charge in [-0.3, -0.25) is 4.99 Å². The highest BCUT2D eigenvalue weighted by Crippen LogP contribution is 2.12. The highest BCUT2D eigenvalue weighted by Gasteiger charge is 2.15. The molecule has 1 aliphatic heterocycles. The van der Waals surface area contributed by atoms with Gasteiger partial charge >= 0.3 is 0 Å². The molecule has 24 heavy (non-hydrogen) atoms. The molecule has 0 spiro atoms. The van der Waals surface area contributed by atoms with Crippen LogP contribution in [-0.4, -0.2) is 51.5 Å². The summed E-state index contributed by atoms with van der Waals surface area (Å²) < 4.78 is 11.1. The molecule has 1 fully saturated rings. The van der Waals surface area contributed by atoms with Crippen LogP contribution in [0.15, 0.2) is 4.99 Å². The number of hydrogen-bond donors (Lipinski definition) is 2. The van der Waals surface area contributed by atoms with Crippen molar-refractivity contribution in [3.05, 3.63) is 0 Å². The van der Waals surface area contributed by atoms with Crippen molar-refractivity contribution in [1.82, 2.24) is 10.6 Å². The third-order valence-corrected chi connectivity index (χ3v) is 4.24. The lowest BCUT2D eigenvalue weighted by molar-refractivity contribution is 0.0893. The lowest BCUT2D eigenvalue weighted by atomic mass is 10.0. The maximum absolute atomic E-state index is 5.73. The van der Waals surface area contributed by atoms with Crippen molar-refractivity contribution >= 4 is 5.96 Å². The predicted octanol–water partition coefficient (Wildman–Crippen LogP) is 3.20. The summed E-state index contributed by atoms with van der Waals surface area (Å²) in [5, 5.41) is 6.84. The third kappa shape index (κ3) is 10.9. The maximum Gasteiger partial charge on any atom is 0.191 e. The van der Waals surface area contributed by atoms with Gasteiger partial charge in [0.15, 0.2) is 5.96 Å². The van der Waals surface area contributed by atoms with Gasteiger partial charge in [-0.2, -0.15) is 0 Å². The molecule has 0 saturated carbocycles. The van der Waals surface area contributed by atoms with Crippen LogP contribution >= 0.6 is 0 Å². The van der Waals surface area contributed by atoms with E-state index in [4.69, 9.17) is 9.47 Å². The number of nitrogens with one attached hydrogen (secondary N) is 2. The van der Waals surface area contributed by atoms with E-state index < -0.39 is 0 Å². The molecule has 142 valence electrons. The molecule has 2 unspecified atom stereocenters. The largest absolute Gasteiger partial charge is 0.381 e. The van der Waals surface area contributed by atoms with Crippen molar-refractivity contribution in [3.63, 3.8) is 0 Å². The van der Waals surface area contributed by atoms with E-state index in [1.54, 1.807) is 0 Å². The van der Waals surface area contributed by atoms with E-state index in [1.165, 1.54) is 19.3 Å². The molecule has 2 N–H and O–H groups in total. The maximum atomic E-state index is 5.73. The number of ether oxygens (including phenoxy) is 2. The van der Waals surface area contributed by atoms with Crippen LogP contribution in [0.2, 0.25) is 0 Å². The Labute approximate surface area is 149 Å². The fraction of sp³-hybridized carbons (Fsp3) is 0.947. The third-order valence-electron chi connectivity index (χ3n) is 4.24. The first kappa shape index (κ1) is 21.2. The molecule has 1 aliphatic rings. The Kier molecular flexibility index (Phi) is 11.9. The summed E-state index contributed by atoms with van der Waals surface area (Å²) in [7, 11) is 0. The zero-order valence-electron chi connectivity index (χ0n) is 16.3. The second kappa shape index (κ2) is 13.5. The number of rotatable bonds is 12. The van der Waals surface area contributed by atoms with E-state index in [0.29, 0.717) is 12.0 Å². The highest BCUT2D eigenvalue weighted by atomic mass is 16.5. The molecule has 0 aromatic rings. The van der Waals surface area contributed by atoms with Crippen LogP contribution in [0, 0.1) is 11.8 Å². The predicted molar refractivity (Wildman–Crippen MR) is 102 cm³/mol. The number of aliphatic imine (C=N–C) groups is 1. The second-order valence-corrected chi connectivity index (χ2v) is 7.29. The van der Waals surface area contributed by atoms with Crippen molar-refractivity contribution in [2.24, 2.45) is 16.8 Å². The summed E-state index contributed by atoms with van der Waals surface area (Å²) >= 11 is 0. The highest BCUT2D eigenvalue weighted by molar-refractivity contribution is 5.79. The number of nitrogens with zero attached hydrogens (tertiary/aromatic N) is 1. The quantitative estimate of drug-likeness (QED) is 0.325. The van der Waals surface area contributed by atoms with Gasteiger partial charge in [-0.1, -0.05) is 26.7 Å². The molecule has 0 aliphatic carbocycles. The summed E-state index contributed by atoms with van der Waals surface area (Å²) in [5.74, 6) is 2.31. The van der Waals surface area contributed by atoms with Crippen molar-refractivity contribution in [1.29, 1.82) is 0 Å². The Bertz CT molecular complexity index is 329. The fourth-order valence-corrected chi connectivity index (χ4v) is 2.78. The second-order valence-electron chi connectivity index (χ2n) is 7.29. The van der Waals surface area contributed by atoms with E-state index in [-0.39, 0.29) is 0 Å². The summed E-state index contributed by atoms with van der Waals surface area (Å²) in [4.78, 5) is 4.66. The van der Waals surface area contributed by atoms with Gasteiger partial charge in [0.05, 0.1) is 13.2 Å². The molecule has 0 bridgehead atoms. The zero-order chi connectivity index (χ0) is 17.6. The molecule has 5 heteroatoms. The van der Waals surface area contributed by atoms with Crippen molar-refractivity contribution in [3.8, 4) is 0 Å². The smallest absolute Gasteiger partial charge is 0.191 e. The molecule has 1 rings (SSSR count).